The summed E-state index contributed by atoms with van der Waals surface area (Å²) in [7, 11) is 0. The van der Waals surface area contributed by atoms with Gasteiger partial charge in [-0.1, -0.05) is 200 Å². The SMILES string of the molecule is CCCCCCCCCCCCCCCCCCN(C(=O)CCCCCCCCCCCCCCCCC)[C@]1(N)O[C@H](CO)[C@@H](O)[C@H](O)[C@H]1C(=O)CNC(=O)CCCC(=O)O. The number of hydrogen-bond acceptors (Lipinski definition) is 9. The number of carbonyl (C=O) groups excluding carboxylic acids is 3. The van der Waals surface area contributed by atoms with Gasteiger partial charge in [-0.3, -0.25) is 24.9 Å². The first kappa shape index (κ1) is 56.9. The number of Topliss-reactive ketones (excluding diaryl/α,β-unsaturated/α-hetero) is 1. The average molecular weight is 868 g/mol. The molecule has 0 aromatic heterocycles. The van der Waals surface area contributed by atoms with E-state index in [1.807, 2.05) is 0 Å². The van der Waals surface area contributed by atoms with E-state index in [4.69, 9.17) is 15.6 Å². The standard InChI is InChI=1S/C49H93N3O9/c1-3-5-7-9-11-13-15-17-19-21-23-25-27-29-31-33-38-52(44(56)36-32-30-28-26-24-22-20-18-16-14-12-10-8-6-4-2)49(50)46(48(60)47(59)42(40-53)61-49)41(54)39-51-43(55)35-34-37-45(57)58/h42,46-48,53,59-60H,3-40,50H2,1-2H3,(H,51,55)(H,57,58)/t42-,46-,47-,48-,49+/m1/s1. The molecule has 0 spiro atoms. The first-order valence-corrected chi connectivity index (χ1v) is 25.3. The van der Waals surface area contributed by atoms with Crippen molar-refractivity contribution in [2.75, 3.05) is 19.7 Å². The second-order valence-electron chi connectivity index (χ2n) is 18.1. The maximum atomic E-state index is 14.1. The number of amides is 2. The number of hydrogen-bond donors (Lipinski definition) is 6. The van der Waals surface area contributed by atoms with Crippen molar-refractivity contribution in [2.24, 2.45) is 11.7 Å². The summed E-state index contributed by atoms with van der Waals surface area (Å²) >= 11 is 0. The van der Waals surface area contributed by atoms with E-state index in [0.717, 1.165) is 44.9 Å². The molecular weight excluding hydrogens is 775 g/mol. The highest BCUT2D eigenvalue weighted by atomic mass is 16.6. The number of carboxylic acid groups (broad SMARTS) is 1. The number of nitrogens with one attached hydrogen (secondary N) is 1. The zero-order valence-electron chi connectivity index (χ0n) is 39.0. The van der Waals surface area contributed by atoms with Crippen LogP contribution in [0.15, 0.2) is 0 Å². The Balaban J connectivity index is 2.78. The Morgan fingerprint density at radius 3 is 1.34 bits per heavy atom. The highest BCUT2D eigenvalue weighted by Gasteiger charge is 2.58. The third-order valence-electron chi connectivity index (χ3n) is 12.6. The van der Waals surface area contributed by atoms with Gasteiger partial charge in [0.25, 0.3) is 0 Å². The molecule has 1 fully saturated rings. The number of carbonyl (C=O) groups is 4. The fourth-order valence-corrected chi connectivity index (χ4v) is 8.72. The lowest BCUT2D eigenvalue weighted by molar-refractivity contribution is -0.291. The molecule has 1 aliphatic rings. The molecule has 0 saturated carbocycles. The van der Waals surface area contributed by atoms with Crippen LogP contribution in [0.1, 0.15) is 239 Å². The summed E-state index contributed by atoms with van der Waals surface area (Å²) in [5.41, 5.74) is 6.91. The maximum absolute atomic E-state index is 14.1. The second kappa shape index (κ2) is 37.3. The van der Waals surface area contributed by atoms with Gasteiger partial charge in [-0.2, -0.15) is 0 Å². The van der Waals surface area contributed by atoms with Crippen LogP contribution in [0.5, 0.6) is 0 Å². The summed E-state index contributed by atoms with van der Waals surface area (Å²) in [5, 5.41) is 43.6. The van der Waals surface area contributed by atoms with Gasteiger partial charge in [0.05, 0.1) is 19.3 Å². The monoisotopic (exact) mass is 868 g/mol. The molecule has 0 bridgehead atoms. The predicted molar refractivity (Wildman–Crippen MR) is 245 cm³/mol. The zero-order chi connectivity index (χ0) is 45.0. The van der Waals surface area contributed by atoms with Gasteiger partial charge in [-0.25, -0.2) is 0 Å². The van der Waals surface area contributed by atoms with Gasteiger partial charge in [-0.15, -0.1) is 0 Å². The van der Waals surface area contributed by atoms with Crippen LogP contribution >= 0.6 is 0 Å². The molecule has 2 amide bonds. The summed E-state index contributed by atoms with van der Waals surface area (Å²) in [6, 6.07) is 0. The van der Waals surface area contributed by atoms with E-state index in [9.17, 15) is 34.5 Å². The van der Waals surface area contributed by atoms with Crippen LogP contribution in [0.3, 0.4) is 0 Å². The Labute approximate surface area is 371 Å². The Kier molecular flexibility index (Phi) is 34.8. The van der Waals surface area contributed by atoms with Crippen LogP contribution in [-0.2, 0) is 23.9 Å². The number of ether oxygens (including phenoxy) is 1. The van der Waals surface area contributed by atoms with Crippen LogP contribution < -0.4 is 11.1 Å². The van der Waals surface area contributed by atoms with Crippen molar-refractivity contribution in [2.45, 2.75) is 263 Å². The van der Waals surface area contributed by atoms with Gasteiger partial charge < -0.3 is 35.4 Å². The molecule has 0 unspecified atom stereocenters. The molecule has 358 valence electrons. The quantitative estimate of drug-likeness (QED) is 0.0254. The minimum absolute atomic E-state index is 0.0864. The normalized spacial score (nSPS) is 20.2. The van der Waals surface area contributed by atoms with Crippen molar-refractivity contribution in [1.29, 1.82) is 0 Å². The van der Waals surface area contributed by atoms with E-state index in [1.165, 1.54) is 146 Å². The van der Waals surface area contributed by atoms with Gasteiger partial charge in [-0.05, 0) is 19.3 Å². The molecule has 1 rings (SSSR count). The molecule has 1 saturated heterocycles. The lowest BCUT2D eigenvalue weighted by Gasteiger charge is -2.52. The average Bonchev–Trinajstić information content (AvgIpc) is 3.23. The van der Waals surface area contributed by atoms with E-state index in [1.54, 1.807) is 0 Å². The lowest BCUT2D eigenvalue weighted by atomic mass is 9.82. The van der Waals surface area contributed by atoms with Crippen LogP contribution in [0.2, 0.25) is 0 Å². The Hall–Kier alpha value is -2.12. The van der Waals surface area contributed by atoms with Crippen LogP contribution in [0, 0.1) is 5.92 Å². The molecule has 1 aliphatic heterocycles. The van der Waals surface area contributed by atoms with Crippen molar-refractivity contribution >= 4 is 23.6 Å². The predicted octanol–water partition coefficient (Wildman–Crippen LogP) is 9.62. The van der Waals surface area contributed by atoms with Crippen LogP contribution in [-0.4, -0.2) is 92.8 Å². The van der Waals surface area contributed by atoms with Gasteiger partial charge in [0, 0.05) is 25.8 Å². The largest absolute Gasteiger partial charge is 0.481 e. The third-order valence-corrected chi connectivity index (χ3v) is 12.6. The first-order chi connectivity index (χ1) is 29.5. The van der Waals surface area contributed by atoms with Crippen molar-refractivity contribution in [3.8, 4) is 0 Å². The fraction of sp³-hybridized carbons (Fsp3) is 0.918. The van der Waals surface area contributed by atoms with Crippen molar-refractivity contribution in [3.05, 3.63) is 0 Å². The molecule has 0 aliphatic carbocycles. The number of nitrogens with two attached hydrogens (primary N) is 1. The molecule has 1 heterocycles. The minimum Gasteiger partial charge on any atom is -0.481 e. The highest BCUT2D eigenvalue weighted by Crippen LogP contribution is 2.36. The van der Waals surface area contributed by atoms with Crippen molar-refractivity contribution in [3.63, 3.8) is 0 Å². The van der Waals surface area contributed by atoms with E-state index in [2.05, 4.69) is 19.2 Å². The molecular formula is C49H93N3O9. The van der Waals surface area contributed by atoms with Crippen molar-refractivity contribution < 1.29 is 44.3 Å². The maximum Gasteiger partial charge on any atom is 0.303 e. The smallest absolute Gasteiger partial charge is 0.303 e. The summed E-state index contributed by atoms with van der Waals surface area (Å²) < 4.78 is 6.05. The van der Waals surface area contributed by atoms with Crippen LogP contribution in [0.4, 0.5) is 0 Å². The minimum atomic E-state index is -2.18. The number of aliphatic hydroxyl groups is 3. The first-order valence-electron chi connectivity index (χ1n) is 25.3. The number of aliphatic hydroxyl groups excluding tert-OH is 3. The number of rotatable bonds is 42. The number of carboxylic acids is 1. The summed E-state index contributed by atoms with van der Waals surface area (Å²) in [5.74, 6) is -6.45. The second-order valence-corrected chi connectivity index (χ2v) is 18.1. The van der Waals surface area contributed by atoms with E-state index < -0.39 is 60.9 Å². The van der Waals surface area contributed by atoms with Gasteiger partial charge in [0.15, 0.2) is 5.78 Å². The fourth-order valence-electron chi connectivity index (χ4n) is 8.72. The zero-order valence-corrected chi connectivity index (χ0v) is 39.0. The Morgan fingerprint density at radius 2 is 0.951 bits per heavy atom. The van der Waals surface area contributed by atoms with Crippen molar-refractivity contribution in [1.82, 2.24) is 10.2 Å². The van der Waals surface area contributed by atoms with Gasteiger partial charge in [0.2, 0.25) is 17.7 Å². The van der Waals surface area contributed by atoms with Crippen LogP contribution in [0.25, 0.3) is 0 Å². The lowest BCUT2D eigenvalue weighted by Crippen LogP contribution is -2.75. The highest BCUT2D eigenvalue weighted by molar-refractivity contribution is 5.89. The molecule has 7 N–H and O–H groups in total. The third kappa shape index (κ3) is 26.3. The number of unbranched alkanes of at least 4 members (excludes halogenated alkanes) is 29. The molecule has 0 radical (unpaired) electrons. The summed E-state index contributed by atoms with van der Waals surface area (Å²) in [6.45, 7) is 3.41. The number of aliphatic carboxylic acids is 1. The Morgan fingerprint density at radius 1 is 0.557 bits per heavy atom. The molecule has 5 atom stereocenters. The summed E-state index contributed by atoms with van der Waals surface area (Å²) in [6.07, 6.45) is 32.2. The molecule has 0 aromatic carbocycles. The topological polar surface area (TPSA) is 200 Å². The Bertz CT molecular complexity index is 1130. The molecule has 12 heteroatoms. The van der Waals surface area contributed by atoms with E-state index in [0.29, 0.717) is 12.8 Å². The molecule has 61 heavy (non-hydrogen) atoms. The summed E-state index contributed by atoms with van der Waals surface area (Å²) in [4.78, 5) is 52.5. The molecule has 0 aromatic rings. The van der Waals surface area contributed by atoms with E-state index in [-0.39, 0.29) is 38.1 Å². The van der Waals surface area contributed by atoms with Gasteiger partial charge in [0.1, 0.15) is 18.1 Å². The number of nitrogens with zero attached hydrogens (tertiary/aromatic N) is 1. The van der Waals surface area contributed by atoms with E-state index >= 15 is 0 Å². The van der Waals surface area contributed by atoms with Gasteiger partial charge >= 0.3 is 5.97 Å². The molecule has 12 nitrogen and oxygen atoms in total. The number of ketones is 1.